The van der Waals surface area contributed by atoms with Crippen LogP contribution in [0.1, 0.15) is 16.5 Å². The van der Waals surface area contributed by atoms with E-state index >= 15 is 0 Å². The van der Waals surface area contributed by atoms with Gasteiger partial charge in [0.1, 0.15) is 0 Å². The maximum atomic E-state index is 6.20. The molecular weight excluding hydrogens is 288 g/mol. The van der Waals surface area contributed by atoms with Crippen molar-refractivity contribution in [3.05, 3.63) is 44.7 Å². The molecule has 0 aromatic carbocycles. The fraction of sp³-hybridized carbons (Fsp3) is 0.182. The summed E-state index contributed by atoms with van der Waals surface area (Å²) >= 11 is 5.10. The molecule has 3 nitrogen and oxygen atoms in total. The number of aromatic nitrogens is 1. The molecular formula is C11H11BrN2OS. The zero-order valence-corrected chi connectivity index (χ0v) is 11.1. The smallest absolute Gasteiger partial charge is 0.218 e. The van der Waals surface area contributed by atoms with Crippen LogP contribution in [0.25, 0.3) is 0 Å². The largest absolute Gasteiger partial charge is 0.481 e. The van der Waals surface area contributed by atoms with Gasteiger partial charge in [0.25, 0.3) is 0 Å². The quantitative estimate of drug-likeness (QED) is 0.948. The number of thiophene rings is 1. The number of ether oxygens (including phenoxy) is 1. The summed E-state index contributed by atoms with van der Waals surface area (Å²) in [7, 11) is 1.60. The third kappa shape index (κ3) is 2.11. The van der Waals surface area contributed by atoms with Crippen molar-refractivity contribution in [2.45, 2.75) is 6.04 Å². The SMILES string of the molecule is COc1ncccc1C(N)c1sccc1Br. The van der Waals surface area contributed by atoms with E-state index in [-0.39, 0.29) is 6.04 Å². The van der Waals surface area contributed by atoms with E-state index in [9.17, 15) is 0 Å². The first-order chi connectivity index (χ1) is 7.74. The van der Waals surface area contributed by atoms with Crippen LogP contribution in [0.5, 0.6) is 5.88 Å². The van der Waals surface area contributed by atoms with Crippen molar-refractivity contribution in [3.63, 3.8) is 0 Å². The maximum absolute atomic E-state index is 6.20. The molecule has 84 valence electrons. The molecule has 0 amide bonds. The van der Waals surface area contributed by atoms with E-state index in [2.05, 4.69) is 20.9 Å². The van der Waals surface area contributed by atoms with Gasteiger partial charge in [-0.3, -0.25) is 0 Å². The number of nitrogens with zero attached hydrogens (tertiary/aromatic N) is 1. The van der Waals surface area contributed by atoms with E-state index in [0.29, 0.717) is 5.88 Å². The first-order valence-corrected chi connectivity index (χ1v) is 6.38. The van der Waals surface area contributed by atoms with Crippen LogP contribution in [-0.4, -0.2) is 12.1 Å². The molecule has 0 saturated heterocycles. The zero-order valence-electron chi connectivity index (χ0n) is 8.68. The Bertz CT molecular complexity index is 486. The van der Waals surface area contributed by atoms with E-state index in [1.165, 1.54) is 0 Å². The predicted octanol–water partition coefficient (Wildman–Crippen LogP) is 2.96. The highest BCUT2D eigenvalue weighted by Crippen LogP contribution is 2.34. The highest BCUT2D eigenvalue weighted by atomic mass is 79.9. The summed E-state index contributed by atoms with van der Waals surface area (Å²) in [6.45, 7) is 0. The molecule has 0 aliphatic heterocycles. The van der Waals surface area contributed by atoms with Gasteiger partial charge in [-0.2, -0.15) is 0 Å². The Labute approximate surface area is 106 Å². The monoisotopic (exact) mass is 298 g/mol. The molecule has 2 aromatic heterocycles. The van der Waals surface area contributed by atoms with Gasteiger partial charge in [0.2, 0.25) is 5.88 Å². The highest BCUT2D eigenvalue weighted by Gasteiger charge is 2.17. The number of pyridine rings is 1. The molecule has 16 heavy (non-hydrogen) atoms. The molecule has 5 heteroatoms. The van der Waals surface area contributed by atoms with Crippen LogP contribution in [0.4, 0.5) is 0 Å². The Morgan fingerprint density at radius 3 is 2.94 bits per heavy atom. The average molecular weight is 299 g/mol. The lowest BCUT2D eigenvalue weighted by Gasteiger charge is -2.13. The van der Waals surface area contributed by atoms with E-state index in [1.54, 1.807) is 24.6 Å². The molecule has 1 atom stereocenters. The van der Waals surface area contributed by atoms with Crippen molar-refractivity contribution in [1.82, 2.24) is 4.98 Å². The lowest BCUT2D eigenvalue weighted by molar-refractivity contribution is 0.391. The van der Waals surface area contributed by atoms with Gasteiger partial charge < -0.3 is 10.5 Å². The van der Waals surface area contributed by atoms with Gasteiger partial charge in [-0.05, 0) is 33.4 Å². The van der Waals surface area contributed by atoms with E-state index in [0.717, 1.165) is 14.9 Å². The summed E-state index contributed by atoms with van der Waals surface area (Å²) in [5.41, 5.74) is 7.09. The van der Waals surface area contributed by atoms with Crippen LogP contribution in [0.2, 0.25) is 0 Å². The van der Waals surface area contributed by atoms with Crippen LogP contribution in [-0.2, 0) is 0 Å². The van der Waals surface area contributed by atoms with Crippen molar-refractivity contribution in [2.75, 3.05) is 7.11 Å². The van der Waals surface area contributed by atoms with Gasteiger partial charge >= 0.3 is 0 Å². The van der Waals surface area contributed by atoms with Gasteiger partial charge in [-0.25, -0.2) is 4.98 Å². The maximum Gasteiger partial charge on any atom is 0.218 e. The Balaban J connectivity index is 2.41. The Hall–Kier alpha value is -0.910. The summed E-state index contributed by atoms with van der Waals surface area (Å²) in [5, 5.41) is 2.00. The fourth-order valence-corrected chi connectivity index (χ4v) is 3.12. The van der Waals surface area contributed by atoms with Crippen LogP contribution >= 0.6 is 27.3 Å². The van der Waals surface area contributed by atoms with Crippen molar-refractivity contribution < 1.29 is 4.74 Å². The molecule has 1 unspecified atom stereocenters. The topological polar surface area (TPSA) is 48.1 Å². The van der Waals surface area contributed by atoms with Crippen molar-refractivity contribution in [3.8, 4) is 5.88 Å². The number of rotatable bonds is 3. The van der Waals surface area contributed by atoms with E-state index in [1.807, 2.05) is 23.6 Å². The van der Waals surface area contributed by atoms with E-state index < -0.39 is 0 Å². The number of halogens is 1. The van der Waals surface area contributed by atoms with Gasteiger partial charge in [0, 0.05) is 21.1 Å². The molecule has 2 N–H and O–H groups in total. The molecule has 0 spiro atoms. The summed E-state index contributed by atoms with van der Waals surface area (Å²) < 4.78 is 6.23. The minimum Gasteiger partial charge on any atom is -0.481 e. The minimum atomic E-state index is -0.210. The predicted molar refractivity (Wildman–Crippen MR) is 68.8 cm³/mol. The number of hydrogen-bond acceptors (Lipinski definition) is 4. The summed E-state index contributed by atoms with van der Waals surface area (Å²) in [6, 6.07) is 5.57. The van der Waals surface area contributed by atoms with E-state index in [4.69, 9.17) is 10.5 Å². The van der Waals surface area contributed by atoms with Gasteiger partial charge in [-0.1, -0.05) is 6.07 Å². The summed E-state index contributed by atoms with van der Waals surface area (Å²) in [5.74, 6) is 0.579. The highest BCUT2D eigenvalue weighted by molar-refractivity contribution is 9.10. The number of methoxy groups -OCH3 is 1. The Morgan fingerprint density at radius 1 is 1.50 bits per heavy atom. The number of nitrogens with two attached hydrogens (primary N) is 1. The Kier molecular flexibility index (Phi) is 3.58. The summed E-state index contributed by atoms with van der Waals surface area (Å²) in [6.07, 6.45) is 1.69. The molecule has 0 aliphatic carbocycles. The molecule has 2 aromatic rings. The standard InChI is InChI=1S/C11H11BrN2OS/c1-15-11-7(3-2-5-14-11)9(13)10-8(12)4-6-16-10/h2-6,9H,13H2,1H3. The van der Waals surface area contributed by atoms with Crippen LogP contribution < -0.4 is 10.5 Å². The average Bonchev–Trinajstić information content (AvgIpc) is 2.74. The first-order valence-electron chi connectivity index (χ1n) is 4.71. The van der Waals surface area contributed by atoms with Crippen molar-refractivity contribution in [2.24, 2.45) is 5.73 Å². The summed E-state index contributed by atoms with van der Waals surface area (Å²) in [4.78, 5) is 5.22. The Morgan fingerprint density at radius 2 is 2.31 bits per heavy atom. The van der Waals surface area contributed by atoms with Crippen molar-refractivity contribution >= 4 is 27.3 Å². The molecule has 0 saturated carbocycles. The van der Waals surface area contributed by atoms with Gasteiger partial charge in [0.15, 0.2) is 0 Å². The second kappa shape index (κ2) is 4.95. The number of hydrogen-bond donors (Lipinski definition) is 1. The van der Waals surface area contributed by atoms with Crippen LogP contribution in [0.3, 0.4) is 0 Å². The normalized spacial score (nSPS) is 12.4. The molecule has 0 radical (unpaired) electrons. The lowest BCUT2D eigenvalue weighted by atomic mass is 10.1. The van der Waals surface area contributed by atoms with Crippen LogP contribution in [0, 0.1) is 0 Å². The molecule has 0 fully saturated rings. The van der Waals surface area contributed by atoms with Crippen molar-refractivity contribution in [1.29, 1.82) is 0 Å². The molecule has 0 aliphatic rings. The van der Waals surface area contributed by atoms with Gasteiger partial charge in [-0.15, -0.1) is 11.3 Å². The second-order valence-corrected chi connectivity index (χ2v) is 5.01. The molecule has 2 heterocycles. The minimum absolute atomic E-state index is 0.210. The lowest BCUT2D eigenvalue weighted by Crippen LogP contribution is -2.12. The molecule has 0 bridgehead atoms. The first kappa shape index (κ1) is 11.6. The fourth-order valence-electron chi connectivity index (χ4n) is 1.48. The second-order valence-electron chi connectivity index (χ2n) is 3.21. The van der Waals surface area contributed by atoms with Crippen LogP contribution in [0.15, 0.2) is 34.2 Å². The van der Waals surface area contributed by atoms with Gasteiger partial charge in [0.05, 0.1) is 13.2 Å². The third-order valence-electron chi connectivity index (χ3n) is 2.26. The zero-order chi connectivity index (χ0) is 11.5. The molecule has 2 rings (SSSR count). The third-order valence-corrected chi connectivity index (χ3v) is 4.21.